The molecule has 0 unspecified atom stereocenters. The molecule has 0 N–H and O–H groups in total. The molecule has 1 aromatic rings. The maximum Gasteiger partial charge on any atom is 0.410 e. The highest BCUT2D eigenvalue weighted by molar-refractivity contribution is 5.68. The van der Waals surface area contributed by atoms with Gasteiger partial charge in [-0.25, -0.2) is 4.79 Å². The zero-order chi connectivity index (χ0) is 12.8. The normalized spacial score (nSPS) is 14.7. The van der Waals surface area contributed by atoms with Crippen molar-refractivity contribution in [3.63, 3.8) is 0 Å². The molecule has 1 amide bonds. The highest BCUT2D eigenvalue weighted by Gasteiger charge is 2.32. The van der Waals surface area contributed by atoms with E-state index in [1.165, 1.54) is 0 Å². The molecule has 2 rings (SSSR count). The van der Waals surface area contributed by atoms with Crippen molar-refractivity contribution < 1.29 is 14.3 Å². The van der Waals surface area contributed by atoms with Crippen LogP contribution in [0.3, 0.4) is 0 Å². The average Bonchev–Trinajstić information content (AvgIpc) is 2.36. The van der Waals surface area contributed by atoms with Crippen LogP contribution in [-0.4, -0.2) is 36.8 Å². The van der Waals surface area contributed by atoms with E-state index in [-0.39, 0.29) is 18.8 Å². The third-order valence-electron chi connectivity index (χ3n) is 2.71. The number of likely N-dealkylation sites (tertiary alicyclic amines) is 1. The molecule has 1 fully saturated rings. The molecular weight excluding hydrogens is 230 g/mol. The Bertz CT molecular complexity index is 432. The fourth-order valence-electron chi connectivity index (χ4n) is 1.67. The van der Waals surface area contributed by atoms with E-state index in [9.17, 15) is 4.79 Å². The van der Waals surface area contributed by atoms with Crippen LogP contribution in [0.15, 0.2) is 30.3 Å². The van der Waals surface area contributed by atoms with Crippen LogP contribution in [-0.2, 0) is 16.1 Å². The lowest BCUT2D eigenvalue weighted by molar-refractivity contribution is -0.0395. The quantitative estimate of drug-likeness (QED) is 0.757. The summed E-state index contributed by atoms with van der Waals surface area (Å²) in [4.78, 5) is 13.2. The minimum Gasteiger partial charge on any atom is -0.445 e. The van der Waals surface area contributed by atoms with Crippen molar-refractivity contribution in [2.24, 2.45) is 0 Å². The summed E-state index contributed by atoms with van der Waals surface area (Å²) >= 11 is 0. The zero-order valence-corrected chi connectivity index (χ0v) is 10.0. The summed E-state index contributed by atoms with van der Waals surface area (Å²) < 4.78 is 10.5. The molecule has 1 saturated heterocycles. The minimum absolute atomic E-state index is 0.0466. The summed E-state index contributed by atoms with van der Waals surface area (Å²) in [7, 11) is 0. The van der Waals surface area contributed by atoms with Crippen molar-refractivity contribution in [1.29, 1.82) is 0 Å². The number of carbonyl (C=O) groups excluding carboxylic acids is 1. The van der Waals surface area contributed by atoms with Gasteiger partial charge < -0.3 is 14.4 Å². The Morgan fingerprint density at radius 2 is 2.11 bits per heavy atom. The molecule has 0 saturated carbocycles. The summed E-state index contributed by atoms with van der Waals surface area (Å²) in [5.41, 5.74) is 0.978. The van der Waals surface area contributed by atoms with Gasteiger partial charge in [-0.2, -0.15) is 0 Å². The SMILES string of the molecule is C#CCOC1CN(C(=O)OCc2ccccc2)C1. The van der Waals surface area contributed by atoms with E-state index in [0.717, 1.165) is 5.56 Å². The molecule has 0 bridgehead atoms. The monoisotopic (exact) mass is 245 g/mol. The van der Waals surface area contributed by atoms with E-state index in [0.29, 0.717) is 19.7 Å². The largest absolute Gasteiger partial charge is 0.445 e. The third kappa shape index (κ3) is 3.25. The number of hydrogen-bond acceptors (Lipinski definition) is 3. The van der Waals surface area contributed by atoms with Crippen molar-refractivity contribution in [1.82, 2.24) is 4.90 Å². The molecule has 0 radical (unpaired) electrons. The van der Waals surface area contributed by atoms with Gasteiger partial charge in [0.2, 0.25) is 0 Å². The summed E-state index contributed by atoms with van der Waals surface area (Å²) in [5, 5.41) is 0. The van der Waals surface area contributed by atoms with Gasteiger partial charge in [0.25, 0.3) is 0 Å². The highest BCUT2D eigenvalue weighted by Crippen LogP contribution is 2.13. The molecule has 0 aromatic heterocycles. The van der Waals surface area contributed by atoms with Gasteiger partial charge in [-0.15, -0.1) is 6.42 Å². The van der Waals surface area contributed by atoms with Crippen LogP contribution >= 0.6 is 0 Å². The number of hydrogen-bond donors (Lipinski definition) is 0. The van der Waals surface area contributed by atoms with E-state index in [1.54, 1.807) is 4.90 Å². The lowest BCUT2D eigenvalue weighted by atomic mass is 10.2. The Morgan fingerprint density at radius 3 is 2.78 bits per heavy atom. The second-order valence-corrected chi connectivity index (χ2v) is 4.08. The van der Waals surface area contributed by atoms with Crippen LogP contribution in [0.1, 0.15) is 5.56 Å². The van der Waals surface area contributed by atoms with Crippen molar-refractivity contribution >= 4 is 6.09 Å². The first kappa shape index (κ1) is 12.5. The van der Waals surface area contributed by atoms with Crippen molar-refractivity contribution in [2.75, 3.05) is 19.7 Å². The second kappa shape index (κ2) is 6.08. The van der Waals surface area contributed by atoms with Gasteiger partial charge in [0.15, 0.2) is 0 Å². The summed E-state index contributed by atoms with van der Waals surface area (Å²) in [6.45, 7) is 1.69. The molecule has 1 aliphatic heterocycles. The zero-order valence-electron chi connectivity index (χ0n) is 10.0. The van der Waals surface area contributed by atoms with E-state index >= 15 is 0 Å². The molecule has 1 aromatic carbocycles. The van der Waals surface area contributed by atoms with E-state index in [1.807, 2.05) is 30.3 Å². The summed E-state index contributed by atoms with van der Waals surface area (Å²) in [5.74, 6) is 2.40. The molecule has 94 valence electrons. The number of terminal acetylenes is 1. The van der Waals surface area contributed by atoms with Crippen LogP contribution in [0, 0.1) is 12.3 Å². The molecule has 0 aliphatic carbocycles. The second-order valence-electron chi connectivity index (χ2n) is 4.08. The molecule has 18 heavy (non-hydrogen) atoms. The van der Waals surface area contributed by atoms with Crippen LogP contribution in [0.5, 0.6) is 0 Å². The summed E-state index contributed by atoms with van der Waals surface area (Å²) in [6.07, 6.45) is 4.82. The maximum atomic E-state index is 11.6. The number of rotatable bonds is 4. The fourth-order valence-corrected chi connectivity index (χ4v) is 1.67. The lowest BCUT2D eigenvalue weighted by Gasteiger charge is -2.37. The van der Waals surface area contributed by atoms with Gasteiger partial charge in [-0.3, -0.25) is 0 Å². The Morgan fingerprint density at radius 1 is 1.39 bits per heavy atom. The predicted octanol–water partition coefficient (Wildman–Crippen LogP) is 1.66. The Hall–Kier alpha value is -1.99. The number of benzene rings is 1. The van der Waals surface area contributed by atoms with E-state index in [4.69, 9.17) is 15.9 Å². The first-order valence-electron chi connectivity index (χ1n) is 5.80. The molecule has 4 heteroatoms. The number of carbonyl (C=O) groups is 1. The molecule has 1 heterocycles. The third-order valence-corrected chi connectivity index (χ3v) is 2.71. The minimum atomic E-state index is -0.306. The van der Waals surface area contributed by atoms with E-state index in [2.05, 4.69) is 5.92 Å². The van der Waals surface area contributed by atoms with Crippen LogP contribution in [0.4, 0.5) is 4.79 Å². The molecular formula is C14H15NO3. The fraction of sp³-hybridized carbons (Fsp3) is 0.357. The van der Waals surface area contributed by atoms with Gasteiger partial charge in [0.1, 0.15) is 13.2 Å². The molecule has 4 nitrogen and oxygen atoms in total. The smallest absolute Gasteiger partial charge is 0.410 e. The van der Waals surface area contributed by atoms with Crippen molar-refractivity contribution in [2.45, 2.75) is 12.7 Å². The van der Waals surface area contributed by atoms with Crippen LogP contribution in [0.25, 0.3) is 0 Å². The van der Waals surface area contributed by atoms with Gasteiger partial charge >= 0.3 is 6.09 Å². The van der Waals surface area contributed by atoms with Gasteiger partial charge in [-0.1, -0.05) is 36.3 Å². The highest BCUT2D eigenvalue weighted by atomic mass is 16.6. The summed E-state index contributed by atoms with van der Waals surface area (Å²) in [6, 6.07) is 9.59. The first-order chi connectivity index (χ1) is 8.79. The van der Waals surface area contributed by atoms with Gasteiger partial charge in [0.05, 0.1) is 19.2 Å². The van der Waals surface area contributed by atoms with E-state index < -0.39 is 0 Å². The van der Waals surface area contributed by atoms with Gasteiger partial charge in [-0.05, 0) is 5.56 Å². The van der Waals surface area contributed by atoms with Crippen molar-refractivity contribution in [3.05, 3.63) is 35.9 Å². The number of nitrogens with zero attached hydrogens (tertiary/aromatic N) is 1. The number of amides is 1. The maximum absolute atomic E-state index is 11.6. The van der Waals surface area contributed by atoms with Crippen LogP contribution < -0.4 is 0 Å². The first-order valence-corrected chi connectivity index (χ1v) is 5.80. The Kier molecular flexibility index (Phi) is 4.21. The molecule has 0 spiro atoms. The standard InChI is InChI=1S/C14H15NO3/c1-2-8-17-13-9-15(10-13)14(16)18-11-12-6-4-3-5-7-12/h1,3-7,13H,8-11H2. The predicted molar refractivity (Wildman–Crippen MR) is 66.8 cm³/mol. The average molecular weight is 245 g/mol. The van der Waals surface area contributed by atoms with Gasteiger partial charge in [0, 0.05) is 0 Å². The lowest BCUT2D eigenvalue weighted by Crippen LogP contribution is -2.54. The number of ether oxygens (including phenoxy) is 2. The molecule has 1 aliphatic rings. The van der Waals surface area contributed by atoms with Crippen molar-refractivity contribution in [3.8, 4) is 12.3 Å². The molecule has 0 atom stereocenters. The van der Waals surface area contributed by atoms with Crippen LogP contribution in [0.2, 0.25) is 0 Å². The Labute approximate surface area is 106 Å². The Balaban J connectivity index is 1.67. The topological polar surface area (TPSA) is 38.8 Å².